The van der Waals surface area contributed by atoms with E-state index < -0.39 is 0 Å². The van der Waals surface area contributed by atoms with Crippen molar-refractivity contribution in [3.05, 3.63) is 42.2 Å². The molecule has 2 N–H and O–H groups in total. The number of amides is 1. The predicted molar refractivity (Wildman–Crippen MR) is 126 cm³/mol. The average Bonchev–Trinajstić information content (AvgIpc) is 3.28. The molecule has 0 spiro atoms. The van der Waals surface area contributed by atoms with Crippen LogP contribution >= 0.6 is 0 Å². The Hall–Kier alpha value is -3.10. The lowest BCUT2D eigenvalue weighted by Crippen LogP contribution is -2.49. The van der Waals surface area contributed by atoms with E-state index in [0.29, 0.717) is 44.5 Å². The van der Waals surface area contributed by atoms with Gasteiger partial charge in [-0.3, -0.25) is 4.79 Å². The highest BCUT2D eigenvalue weighted by Crippen LogP contribution is 2.22. The molecule has 9 heteroatoms. The highest BCUT2D eigenvalue weighted by atomic mass is 16.4. The first kappa shape index (κ1) is 23.6. The van der Waals surface area contributed by atoms with Crippen molar-refractivity contribution in [3.63, 3.8) is 0 Å². The molecule has 0 saturated carbocycles. The first-order chi connectivity index (χ1) is 15.4. The lowest BCUT2D eigenvalue weighted by atomic mass is 9.94. The van der Waals surface area contributed by atoms with Crippen LogP contribution in [0.1, 0.15) is 45.8 Å². The quantitative estimate of drug-likeness (QED) is 0.502. The maximum atomic E-state index is 12.6. The van der Waals surface area contributed by atoms with E-state index in [4.69, 9.17) is 4.42 Å². The number of aromatic nitrogens is 2. The van der Waals surface area contributed by atoms with Crippen LogP contribution in [0.2, 0.25) is 0 Å². The third-order valence-electron chi connectivity index (χ3n) is 5.25. The minimum absolute atomic E-state index is 0.0822. The Morgan fingerprint density at radius 1 is 1.16 bits per heavy atom. The number of pyridine rings is 1. The predicted octanol–water partition coefficient (Wildman–Crippen LogP) is 2.16. The highest BCUT2D eigenvalue weighted by molar-refractivity contribution is 5.81. The number of carbonyl (C=O) groups excluding carboxylic acids is 1. The second-order valence-electron chi connectivity index (χ2n) is 8.80. The molecule has 1 aliphatic rings. The molecular formula is C23H35N7O2. The number of oxazole rings is 1. The topological polar surface area (TPSA) is 98.9 Å². The minimum Gasteiger partial charge on any atom is -0.443 e. The number of piperazine rings is 1. The van der Waals surface area contributed by atoms with Crippen LogP contribution in [0.15, 0.2) is 40.0 Å². The van der Waals surface area contributed by atoms with Crippen LogP contribution in [0.5, 0.6) is 0 Å². The summed E-state index contributed by atoms with van der Waals surface area (Å²) in [7, 11) is 0. The number of guanidine groups is 1. The van der Waals surface area contributed by atoms with E-state index in [1.807, 2.05) is 30.0 Å². The van der Waals surface area contributed by atoms with Crippen LogP contribution < -0.4 is 15.5 Å². The van der Waals surface area contributed by atoms with Crippen molar-refractivity contribution < 1.29 is 9.21 Å². The second-order valence-corrected chi connectivity index (χ2v) is 8.80. The summed E-state index contributed by atoms with van der Waals surface area (Å²) in [5.41, 5.74) is -0.0822. The molecule has 32 heavy (non-hydrogen) atoms. The van der Waals surface area contributed by atoms with Crippen LogP contribution in [0.3, 0.4) is 0 Å². The van der Waals surface area contributed by atoms with Crippen molar-refractivity contribution in [1.82, 2.24) is 25.5 Å². The summed E-state index contributed by atoms with van der Waals surface area (Å²) in [6.07, 6.45) is 3.98. The molecule has 1 fully saturated rings. The van der Waals surface area contributed by atoms with Crippen molar-refractivity contribution in [1.29, 1.82) is 0 Å². The number of aliphatic imine (C=N–C) groups is 1. The summed E-state index contributed by atoms with van der Waals surface area (Å²) < 4.78 is 5.80. The van der Waals surface area contributed by atoms with Gasteiger partial charge in [0.1, 0.15) is 18.1 Å². The van der Waals surface area contributed by atoms with Crippen LogP contribution in [-0.4, -0.2) is 66.0 Å². The van der Waals surface area contributed by atoms with Gasteiger partial charge in [0.25, 0.3) is 0 Å². The number of nitrogens with zero attached hydrogens (tertiary/aromatic N) is 5. The van der Waals surface area contributed by atoms with Gasteiger partial charge in [-0.25, -0.2) is 15.0 Å². The Morgan fingerprint density at radius 3 is 2.56 bits per heavy atom. The van der Waals surface area contributed by atoms with Gasteiger partial charge in [-0.15, -0.1) is 0 Å². The summed E-state index contributed by atoms with van der Waals surface area (Å²) in [5.74, 6) is 3.18. The number of carbonyl (C=O) groups is 1. The molecule has 2 aromatic rings. The van der Waals surface area contributed by atoms with Gasteiger partial charge in [0, 0.05) is 57.3 Å². The molecule has 9 nitrogen and oxygen atoms in total. The van der Waals surface area contributed by atoms with E-state index in [1.165, 1.54) is 0 Å². The molecule has 0 bridgehead atoms. The van der Waals surface area contributed by atoms with Gasteiger partial charge >= 0.3 is 0 Å². The van der Waals surface area contributed by atoms with Crippen LogP contribution in [0.4, 0.5) is 5.82 Å². The smallest absolute Gasteiger partial charge is 0.224 e. The van der Waals surface area contributed by atoms with Crippen molar-refractivity contribution in [2.75, 3.05) is 44.2 Å². The molecule has 1 saturated heterocycles. The van der Waals surface area contributed by atoms with E-state index in [0.717, 1.165) is 31.2 Å². The van der Waals surface area contributed by atoms with E-state index >= 15 is 0 Å². The SMILES string of the molecule is CCNC(=NCc1ncc(C(C)(C)C)o1)NCCC(=O)N1CCN(c2ccccn2)CC1. The fourth-order valence-corrected chi connectivity index (χ4v) is 3.39. The number of anilines is 1. The lowest BCUT2D eigenvalue weighted by molar-refractivity contribution is -0.131. The lowest BCUT2D eigenvalue weighted by Gasteiger charge is -2.35. The summed E-state index contributed by atoms with van der Waals surface area (Å²) >= 11 is 0. The molecule has 2 aromatic heterocycles. The molecule has 0 aliphatic carbocycles. The third-order valence-corrected chi connectivity index (χ3v) is 5.25. The normalized spacial score (nSPS) is 15.1. The maximum Gasteiger partial charge on any atom is 0.224 e. The van der Waals surface area contributed by atoms with E-state index in [1.54, 1.807) is 12.4 Å². The number of nitrogens with one attached hydrogen (secondary N) is 2. The minimum atomic E-state index is -0.0822. The van der Waals surface area contributed by atoms with E-state index in [9.17, 15) is 4.79 Å². The Labute approximate surface area is 190 Å². The van der Waals surface area contributed by atoms with Crippen molar-refractivity contribution in [3.8, 4) is 0 Å². The fourth-order valence-electron chi connectivity index (χ4n) is 3.39. The number of hydrogen-bond acceptors (Lipinski definition) is 6. The fraction of sp³-hybridized carbons (Fsp3) is 0.565. The Bertz CT molecular complexity index is 881. The molecule has 0 unspecified atom stereocenters. The van der Waals surface area contributed by atoms with E-state index in [-0.39, 0.29) is 11.3 Å². The molecule has 174 valence electrons. The van der Waals surface area contributed by atoms with Gasteiger partial charge in [0.2, 0.25) is 11.8 Å². The van der Waals surface area contributed by atoms with Crippen molar-refractivity contribution >= 4 is 17.7 Å². The van der Waals surface area contributed by atoms with Gasteiger partial charge in [-0.1, -0.05) is 26.8 Å². The molecule has 1 amide bonds. The number of hydrogen-bond donors (Lipinski definition) is 2. The highest BCUT2D eigenvalue weighted by Gasteiger charge is 2.22. The zero-order valence-electron chi connectivity index (χ0n) is 19.6. The summed E-state index contributed by atoms with van der Waals surface area (Å²) in [5, 5.41) is 6.43. The molecule has 0 radical (unpaired) electrons. The molecule has 3 heterocycles. The van der Waals surface area contributed by atoms with Gasteiger partial charge in [-0.2, -0.15) is 0 Å². The zero-order chi connectivity index (χ0) is 23.0. The molecular weight excluding hydrogens is 406 g/mol. The summed E-state index contributed by atoms with van der Waals surface area (Å²) in [6.45, 7) is 12.9. The van der Waals surface area contributed by atoms with Gasteiger partial charge < -0.3 is 24.9 Å². The first-order valence-electron chi connectivity index (χ1n) is 11.3. The van der Waals surface area contributed by atoms with Crippen LogP contribution in [0, 0.1) is 0 Å². The molecule has 1 aliphatic heterocycles. The Balaban J connectivity index is 1.43. The average molecular weight is 442 g/mol. The van der Waals surface area contributed by atoms with Crippen molar-refractivity contribution in [2.45, 2.75) is 46.1 Å². The first-order valence-corrected chi connectivity index (χ1v) is 11.3. The molecule has 0 atom stereocenters. The zero-order valence-corrected chi connectivity index (χ0v) is 19.6. The van der Waals surface area contributed by atoms with Gasteiger partial charge in [0.05, 0.1) is 6.20 Å². The largest absolute Gasteiger partial charge is 0.443 e. The summed E-state index contributed by atoms with van der Waals surface area (Å²) in [6, 6.07) is 5.90. The van der Waals surface area contributed by atoms with Gasteiger partial charge in [0.15, 0.2) is 5.96 Å². The monoisotopic (exact) mass is 441 g/mol. The second kappa shape index (κ2) is 11.0. The van der Waals surface area contributed by atoms with Gasteiger partial charge in [-0.05, 0) is 19.1 Å². The number of rotatable bonds is 7. The molecule has 0 aromatic carbocycles. The van der Waals surface area contributed by atoms with Crippen molar-refractivity contribution in [2.24, 2.45) is 4.99 Å². The molecule has 3 rings (SSSR count). The Morgan fingerprint density at radius 2 is 1.94 bits per heavy atom. The maximum absolute atomic E-state index is 12.6. The third kappa shape index (κ3) is 6.70. The standard InChI is InChI=1S/C23H35N7O2/c1-5-24-22(28-17-20-27-16-18(32-20)23(2,3)4)26-11-9-21(31)30-14-12-29(13-15-30)19-8-6-7-10-25-19/h6-8,10,16H,5,9,11-15,17H2,1-4H3,(H2,24,26,28). The summed E-state index contributed by atoms with van der Waals surface area (Å²) in [4.78, 5) is 30.0. The Kier molecular flexibility index (Phi) is 8.08. The van der Waals surface area contributed by atoms with Crippen LogP contribution in [-0.2, 0) is 16.8 Å². The van der Waals surface area contributed by atoms with Crippen LogP contribution in [0.25, 0.3) is 0 Å². The van der Waals surface area contributed by atoms with E-state index in [2.05, 4.69) is 51.3 Å².